The van der Waals surface area contributed by atoms with Crippen molar-refractivity contribution in [1.82, 2.24) is 10.9 Å². The largest absolute Gasteiger partial charge is 0.490 e. The van der Waals surface area contributed by atoms with Gasteiger partial charge in [0.1, 0.15) is 0 Å². The first-order valence-corrected chi connectivity index (χ1v) is 7.68. The fraction of sp³-hybridized carbons (Fsp3) is 0.176. The number of ether oxygens (including phenoxy) is 2. The number of halogens is 1. The van der Waals surface area contributed by atoms with Crippen LogP contribution in [0.3, 0.4) is 0 Å². The predicted octanol–water partition coefficient (Wildman–Crippen LogP) is 2.58. The lowest BCUT2D eigenvalue weighted by Gasteiger charge is -2.12. The second kappa shape index (κ2) is 8.79. The number of hydrogen-bond donors (Lipinski definition) is 2. The van der Waals surface area contributed by atoms with Crippen LogP contribution >= 0.6 is 11.6 Å². The van der Waals surface area contributed by atoms with Crippen LogP contribution in [0, 0.1) is 0 Å². The molecule has 0 aromatic heterocycles. The molecule has 0 radical (unpaired) electrons. The van der Waals surface area contributed by atoms with Crippen LogP contribution in [-0.4, -0.2) is 25.0 Å². The molecule has 0 aliphatic carbocycles. The molecular weight excluding hydrogens is 332 g/mol. The number of benzene rings is 2. The van der Waals surface area contributed by atoms with Gasteiger partial charge in [-0.25, -0.2) is 0 Å². The second-order valence-electron chi connectivity index (χ2n) is 4.65. The lowest BCUT2D eigenvalue weighted by atomic mass is 10.2. The molecule has 0 bridgehead atoms. The highest BCUT2D eigenvalue weighted by Gasteiger charge is 2.11. The Morgan fingerprint density at radius 3 is 2.25 bits per heavy atom. The zero-order chi connectivity index (χ0) is 17.4. The van der Waals surface area contributed by atoms with Gasteiger partial charge in [0.05, 0.1) is 17.2 Å². The van der Waals surface area contributed by atoms with Crippen molar-refractivity contribution < 1.29 is 19.1 Å². The van der Waals surface area contributed by atoms with E-state index in [2.05, 4.69) is 10.9 Å². The number of hydrogen-bond acceptors (Lipinski definition) is 4. The Labute approximate surface area is 144 Å². The van der Waals surface area contributed by atoms with Crippen molar-refractivity contribution in [2.45, 2.75) is 6.92 Å². The molecule has 0 aliphatic rings. The maximum Gasteiger partial charge on any atom is 0.276 e. The van der Waals surface area contributed by atoms with Crippen molar-refractivity contribution in [3.63, 3.8) is 0 Å². The summed E-state index contributed by atoms with van der Waals surface area (Å²) in [5.74, 6) is -0.0230. The number of nitrogens with one attached hydrogen (secondary N) is 2. The molecule has 2 amide bonds. The van der Waals surface area contributed by atoms with Crippen molar-refractivity contribution >= 4 is 23.4 Å². The number of rotatable bonds is 6. The Morgan fingerprint density at radius 2 is 1.58 bits per heavy atom. The molecule has 2 aromatic rings. The molecule has 0 heterocycles. The van der Waals surface area contributed by atoms with E-state index in [0.29, 0.717) is 23.1 Å². The molecule has 0 atom stereocenters. The maximum atomic E-state index is 11.9. The quantitative estimate of drug-likeness (QED) is 0.787. The smallest absolute Gasteiger partial charge is 0.276 e. The highest BCUT2D eigenvalue weighted by atomic mass is 35.5. The van der Waals surface area contributed by atoms with Crippen molar-refractivity contribution in [2.24, 2.45) is 0 Å². The Hall–Kier alpha value is -2.73. The fourth-order valence-corrected chi connectivity index (χ4v) is 2.08. The van der Waals surface area contributed by atoms with Crippen LogP contribution in [0.25, 0.3) is 0 Å². The SMILES string of the molecule is CCOc1ccccc1OCC(=O)NNC(=O)c1ccccc1Cl. The molecular formula is C17H17ClN2O4. The maximum absolute atomic E-state index is 11.9. The molecule has 7 heteroatoms. The van der Waals surface area contributed by atoms with E-state index in [1.165, 1.54) is 0 Å². The normalized spacial score (nSPS) is 9.92. The summed E-state index contributed by atoms with van der Waals surface area (Å²) >= 11 is 5.91. The lowest BCUT2D eigenvalue weighted by Crippen LogP contribution is -2.43. The van der Waals surface area contributed by atoms with Gasteiger partial charge in [0.25, 0.3) is 11.8 Å². The van der Waals surface area contributed by atoms with E-state index >= 15 is 0 Å². The summed E-state index contributed by atoms with van der Waals surface area (Å²) in [4.78, 5) is 23.7. The molecule has 2 rings (SSSR count). The van der Waals surface area contributed by atoms with Gasteiger partial charge in [-0.15, -0.1) is 0 Å². The van der Waals surface area contributed by atoms with Crippen molar-refractivity contribution in [1.29, 1.82) is 0 Å². The van der Waals surface area contributed by atoms with E-state index in [1.54, 1.807) is 42.5 Å². The molecule has 2 aromatic carbocycles. The average Bonchev–Trinajstić information content (AvgIpc) is 2.59. The summed E-state index contributed by atoms with van der Waals surface area (Å²) in [5, 5.41) is 0.297. The molecule has 0 saturated heterocycles. The van der Waals surface area contributed by atoms with Crippen molar-refractivity contribution in [3.8, 4) is 11.5 Å². The third-order valence-electron chi connectivity index (χ3n) is 2.94. The molecule has 0 aliphatic heterocycles. The standard InChI is InChI=1S/C17H17ClN2O4/c1-2-23-14-9-5-6-10-15(14)24-11-16(21)19-20-17(22)12-7-3-4-8-13(12)18/h3-10H,2,11H2,1H3,(H,19,21)(H,20,22). The summed E-state index contributed by atoms with van der Waals surface area (Å²) in [5.41, 5.74) is 4.81. The van der Waals surface area contributed by atoms with Crippen LogP contribution in [0.2, 0.25) is 5.02 Å². The summed E-state index contributed by atoms with van der Waals surface area (Å²) in [7, 11) is 0. The molecule has 2 N–H and O–H groups in total. The first-order valence-electron chi connectivity index (χ1n) is 7.30. The minimum absolute atomic E-state index is 0.266. The van der Waals surface area contributed by atoms with E-state index in [9.17, 15) is 9.59 Å². The summed E-state index contributed by atoms with van der Waals surface area (Å²) < 4.78 is 10.8. The molecule has 6 nitrogen and oxygen atoms in total. The lowest BCUT2D eigenvalue weighted by molar-refractivity contribution is -0.123. The molecule has 0 saturated carbocycles. The van der Waals surface area contributed by atoms with Gasteiger partial charge >= 0.3 is 0 Å². The van der Waals surface area contributed by atoms with Crippen molar-refractivity contribution in [3.05, 3.63) is 59.1 Å². The third-order valence-corrected chi connectivity index (χ3v) is 3.27. The number of hydrazine groups is 1. The monoisotopic (exact) mass is 348 g/mol. The van der Waals surface area contributed by atoms with E-state index in [0.717, 1.165) is 0 Å². The predicted molar refractivity (Wildman–Crippen MR) is 90.2 cm³/mol. The third kappa shape index (κ3) is 4.89. The van der Waals surface area contributed by atoms with Crippen LogP contribution in [0.15, 0.2) is 48.5 Å². The van der Waals surface area contributed by atoms with Gasteiger partial charge < -0.3 is 9.47 Å². The van der Waals surface area contributed by atoms with E-state index in [-0.39, 0.29) is 12.2 Å². The zero-order valence-electron chi connectivity index (χ0n) is 13.0. The van der Waals surface area contributed by atoms with E-state index in [4.69, 9.17) is 21.1 Å². The Kier molecular flexibility index (Phi) is 6.45. The molecule has 126 valence electrons. The Balaban J connectivity index is 1.84. The first-order chi connectivity index (χ1) is 11.6. The van der Waals surface area contributed by atoms with E-state index in [1.807, 2.05) is 13.0 Å². The number of carbonyl (C=O) groups is 2. The molecule has 0 spiro atoms. The van der Waals surface area contributed by atoms with Gasteiger partial charge in [-0.1, -0.05) is 35.9 Å². The van der Waals surface area contributed by atoms with E-state index < -0.39 is 11.8 Å². The Bertz CT molecular complexity index is 721. The van der Waals surface area contributed by atoms with Gasteiger partial charge in [-0.05, 0) is 31.2 Å². The fourth-order valence-electron chi connectivity index (χ4n) is 1.86. The minimum Gasteiger partial charge on any atom is -0.490 e. The molecule has 0 fully saturated rings. The second-order valence-corrected chi connectivity index (χ2v) is 5.06. The van der Waals surface area contributed by atoms with Gasteiger partial charge in [-0.3, -0.25) is 20.4 Å². The summed E-state index contributed by atoms with van der Waals surface area (Å²) in [6, 6.07) is 13.6. The average molecular weight is 349 g/mol. The van der Waals surface area contributed by atoms with Crippen molar-refractivity contribution in [2.75, 3.05) is 13.2 Å². The van der Waals surface area contributed by atoms with Gasteiger partial charge in [0.2, 0.25) is 0 Å². The van der Waals surface area contributed by atoms with Crippen LogP contribution < -0.4 is 20.3 Å². The topological polar surface area (TPSA) is 76.7 Å². The number of carbonyl (C=O) groups excluding carboxylic acids is 2. The summed E-state index contributed by atoms with van der Waals surface area (Å²) in [6.07, 6.45) is 0. The van der Waals surface area contributed by atoms with Gasteiger partial charge in [-0.2, -0.15) is 0 Å². The molecule has 24 heavy (non-hydrogen) atoms. The Morgan fingerprint density at radius 1 is 0.958 bits per heavy atom. The number of amides is 2. The highest BCUT2D eigenvalue weighted by molar-refractivity contribution is 6.33. The van der Waals surface area contributed by atoms with Crippen LogP contribution in [0.1, 0.15) is 17.3 Å². The summed E-state index contributed by atoms with van der Waals surface area (Å²) in [6.45, 7) is 2.07. The van der Waals surface area contributed by atoms with Crippen LogP contribution in [-0.2, 0) is 4.79 Å². The zero-order valence-corrected chi connectivity index (χ0v) is 13.8. The molecule has 0 unspecified atom stereocenters. The number of para-hydroxylation sites is 2. The minimum atomic E-state index is -0.512. The van der Waals surface area contributed by atoms with Crippen LogP contribution in [0.5, 0.6) is 11.5 Å². The first kappa shape index (κ1) is 17.6. The van der Waals surface area contributed by atoms with Gasteiger partial charge in [0, 0.05) is 0 Å². The van der Waals surface area contributed by atoms with Gasteiger partial charge in [0.15, 0.2) is 18.1 Å². The highest BCUT2D eigenvalue weighted by Crippen LogP contribution is 2.26. The van der Waals surface area contributed by atoms with Crippen LogP contribution in [0.4, 0.5) is 0 Å².